The van der Waals surface area contributed by atoms with Crippen molar-refractivity contribution in [2.75, 3.05) is 7.11 Å². The number of aliphatic carboxylic acids is 1. The number of hydrogen-bond donors (Lipinski definition) is 2. The predicted octanol–water partition coefficient (Wildman–Crippen LogP) is 1.59. The van der Waals surface area contributed by atoms with Crippen LogP contribution in [0.25, 0.3) is 0 Å². The van der Waals surface area contributed by atoms with E-state index in [1.165, 1.54) is 6.92 Å². The summed E-state index contributed by atoms with van der Waals surface area (Å²) in [6, 6.07) is 7.07. The molecule has 88 valence electrons. The van der Waals surface area contributed by atoms with Crippen LogP contribution in [0.1, 0.15) is 24.2 Å². The van der Waals surface area contributed by atoms with Crippen molar-refractivity contribution in [1.82, 2.24) is 0 Å². The minimum absolute atomic E-state index is 0.505. The zero-order valence-corrected chi connectivity index (χ0v) is 9.38. The molecule has 16 heavy (non-hydrogen) atoms. The molecule has 2 N–H and O–H groups in total. The highest BCUT2D eigenvalue weighted by molar-refractivity contribution is 5.70. The predicted molar refractivity (Wildman–Crippen MR) is 58.9 cm³/mol. The van der Waals surface area contributed by atoms with Gasteiger partial charge in [-0.05, 0) is 18.1 Å². The average molecular weight is 224 g/mol. The molecule has 0 fully saturated rings. The van der Waals surface area contributed by atoms with Gasteiger partial charge in [0.2, 0.25) is 0 Å². The van der Waals surface area contributed by atoms with Gasteiger partial charge in [-0.1, -0.05) is 24.3 Å². The highest BCUT2D eigenvalue weighted by Crippen LogP contribution is 2.22. The van der Waals surface area contributed by atoms with Crippen LogP contribution in [0, 0.1) is 5.92 Å². The molecule has 4 nitrogen and oxygen atoms in total. The summed E-state index contributed by atoms with van der Waals surface area (Å²) >= 11 is 0. The Morgan fingerprint density at radius 1 is 1.38 bits per heavy atom. The molecule has 0 radical (unpaired) electrons. The Bertz CT molecular complexity index is 345. The fraction of sp³-hybridized carbons (Fsp3) is 0.417. The molecule has 0 spiro atoms. The maximum absolute atomic E-state index is 10.7. The molecule has 4 heteroatoms. The fourth-order valence-corrected chi connectivity index (χ4v) is 1.40. The lowest BCUT2D eigenvalue weighted by Crippen LogP contribution is -2.18. The Balaban J connectivity index is 2.77. The second kappa shape index (κ2) is 5.63. The molecule has 0 aliphatic heterocycles. The number of hydrogen-bond acceptors (Lipinski definition) is 3. The number of aliphatic hydroxyl groups excluding tert-OH is 1. The SMILES string of the molecule is COCc1ccc(C(O)C(C)C(=O)O)cc1. The van der Waals surface area contributed by atoms with Crippen LogP contribution in [0.3, 0.4) is 0 Å². The van der Waals surface area contributed by atoms with Gasteiger partial charge in [-0.3, -0.25) is 4.79 Å². The van der Waals surface area contributed by atoms with Crippen molar-refractivity contribution < 1.29 is 19.7 Å². The lowest BCUT2D eigenvalue weighted by atomic mass is 9.97. The number of carboxylic acids is 1. The molecule has 0 aliphatic carbocycles. The van der Waals surface area contributed by atoms with Crippen molar-refractivity contribution >= 4 is 5.97 Å². The van der Waals surface area contributed by atoms with E-state index in [2.05, 4.69) is 0 Å². The monoisotopic (exact) mass is 224 g/mol. The number of carbonyl (C=O) groups is 1. The van der Waals surface area contributed by atoms with Crippen LogP contribution in [0.4, 0.5) is 0 Å². The summed E-state index contributed by atoms with van der Waals surface area (Å²) in [5, 5.41) is 18.5. The highest BCUT2D eigenvalue weighted by Gasteiger charge is 2.22. The molecule has 0 heterocycles. The van der Waals surface area contributed by atoms with Crippen molar-refractivity contribution in [3.05, 3.63) is 35.4 Å². The minimum atomic E-state index is -1.01. The Morgan fingerprint density at radius 2 is 1.94 bits per heavy atom. The largest absolute Gasteiger partial charge is 0.481 e. The molecular formula is C12H16O4. The summed E-state index contributed by atoms with van der Waals surface area (Å²) in [5.41, 5.74) is 1.59. The van der Waals surface area contributed by atoms with Crippen LogP contribution in [0.15, 0.2) is 24.3 Å². The number of methoxy groups -OCH3 is 1. The summed E-state index contributed by atoms with van der Waals surface area (Å²) in [7, 11) is 1.61. The fourth-order valence-electron chi connectivity index (χ4n) is 1.40. The zero-order valence-electron chi connectivity index (χ0n) is 9.38. The molecule has 0 bridgehead atoms. The van der Waals surface area contributed by atoms with Crippen molar-refractivity contribution in [2.24, 2.45) is 5.92 Å². The normalized spacial score (nSPS) is 14.4. The summed E-state index contributed by atoms with van der Waals surface area (Å²) in [4.78, 5) is 10.7. The smallest absolute Gasteiger partial charge is 0.309 e. The number of ether oxygens (including phenoxy) is 1. The van der Waals surface area contributed by atoms with Crippen LogP contribution in [0.5, 0.6) is 0 Å². The van der Waals surface area contributed by atoms with Gasteiger partial charge in [0, 0.05) is 7.11 Å². The number of carboxylic acid groups (broad SMARTS) is 1. The van der Waals surface area contributed by atoms with Crippen molar-refractivity contribution in [3.8, 4) is 0 Å². The minimum Gasteiger partial charge on any atom is -0.481 e. The molecule has 1 aromatic carbocycles. The lowest BCUT2D eigenvalue weighted by molar-refractivity contribution is -0.145. The number of benzene rings is 1. The number of aliphatic hydroxyl groups is 1. The summed E-state index contributed by atoms with van der Waals surface area (Å²) in [6.07, 6.45) is -0.978. The van der Waals surface area contributed by atoms with Gasteiger partial charge in [0.05, 0.1) is 18.6 Å². The van der Waals surface area contributed by atoms with Crippen molar-refractivity contribution in [1.29, 1.82) is 0 Å². The summed E-state index contributed by atoms with van der Waals surface area (Å²) in [6.45, 7) is 1.99. The van der Waals surface area contributed by atoms with Crippen LogP contribution < -0.4 is 0 Å². The van der Waals surface area contributed by atoms with E-state index in [9.17, 15) is 9.90 Å². The lowest BCUT2D eigenvalue weighted by Gasteiger charge is -2.15. The first kappa shape index (κ1) is 12.7. The van der Waals surface area contributed by atoms with Gasteiger partial charge in [0.15, 0.2) is 0 Å². The van der Waals surface area contributed by atoms with Gasteiger partial charge < -0.3 is 14.9 Å². The molecule has 0 saturated heterocycles. The van der Waals surface area contributed by atoms with E-state index in [0.717, 1.165) is 5.56 Å². The molecule has 0 amide bonds. The molecule has 2 unspecified atom stereocenters. The quantitative estimate of drug-likeness (QED) is 0.797. The molecule has 1 aromatic rings. The molecule has 2 atom stereocenters. The van der Waals surface area contributed by atoms with Crippen molar-refractivity contribution in [3.63, 3.8) is 0 Å². The average Bonchev–Trinajstić information content (AvgIpc) is 2.28. The zero-order chi connectivity index (χ0) is 12.1. The second-order valence-corrected chi connectivity index (χ2v) is 3.75. The molecule has 0 saturated carbocycles. The van der Waals surface area contributed by atoms with Gasteiger partial charge in [-0.2, -0.15) is 0 Å². The van der Waals surface area contributed by atoms with E-state index in [4.69, 9.17) is 9.84 Å². The highest BCUT2D eigenvalue weighted by atomic mass is 16.5. The van der Waals surface area contributed by atoms with Crippen LogP contribution >= 0.6 is 0 Å². The van der Waals surface area contributed by atoms with E-state index < -0.39 is 18.0 Å². The standard InChI is InChI=1S/C12H16O4/c1-8(12(14)15)11(13)10-5-3-9(4-6-10)7-16-2/h3-6,8,11,13H,7H2,1-2H3,(H,14,15). The molecule has 0 aromatic heterocycles. The Hall–Kier alpha value is -1.39. The Labute approximate surface area is 94.5 Å². The maximum Gasteiger partial charge on any atom is 0.309 e. The van der Waals surface area contributed by atoms with Gasteiger partial charge in [-0.15, -0.1) is 0 Å². The van der Waals surface area contributed by atoms with E-state index in [1.807, 2.05) is 12.1 Å². The third kappa shape index (κ3) is 3.05. The topological polar surface area (TPSA) is 66.8 Å². The molecule has 1 rings (SSSR count). The van der Waals surface area contributed by atoms with E-state index >= 15 is 0 Å². The molecular weight excluding hydrogens is 208 g/mol. The third-order valence-electron chi connectivity index (χ3n) is 2.50. The van der Waals surface area contributed by atoms with Crippen LogP contribution in [-0.2, 0) is 16.1 Å². The van der Waals surface area contributed by atoms with Crippen LogP contribution in [-0.4, -0.2) is 23.3 Å². The van der Waals surface area contributed by atoms with E-state index in [1.54, 1.807) is 19.2 Å². The summed E-state index contributed by atoms with van der Waals surface area (Å²) in [5.74, 6) is -1.82. The van der Waals surface area contributed by atoms with Gasteiger partial charge >= 0.3 is 5.97 Å². The maximum atomic E-state index is 10.7. The van der Waals surface area contributed by atoms with Gasteiger partial charge in [0.25, 0.3) is 0 Å². The first-order chi connectivity index (χ1) is 7.56. The van der Waals surface area contributed by atoms with Gasteiger partial charge in [-0.25, -0.2) is 0 Å². The first-order valence-electron chi connectivity index (χ1n) is 5.05. The van der Waals surface area contributed by atoms with Crippen molar-refractivity contribution in [2.45, 2.75) is 19.6 Å². The molecule has 0 aliphatic rings. The second-order valence-electron chi connectivity index (χ2n) is 3.75. The number of rotatable bonds is 5. The van der Waals surface area contributed by atoms with Crippen LogP contribution in [0.2, 0.25) is 0 Å². The third-order valence-corrected chi connectivity index (χ3v) is 2.50. The van der Waals surface area contributed by atoms with E-state index in [0.29, 0.717) is 12.2 Å². The summed E-state index contributed by atoms with van der Waals surface area (Å²) < 4.78 is 4.96. The van der Waals surface area contributed by atoms with Gasteiger partial charge in [0.1, 0.15) is 0 Å². The Morgan fingerprint density at radius 3 is 2.38 bits per heavy atom. The van der Waals surface area contributed by atoms with E-state index in [-0.39, 0.29) is 0 Å². The first-order valence-corrected chi connectivity index (χ1v) is 5.05. The Kier molecular flexibility index (Phi) is 4.46.